The Hall–Kier alpha value is -2.72. The van der Waals surface area contributed by atoms with Crippen LogP contribution in [0.5, 0.6) is 11.5 Å². The van der Waals surface area contributed by atoms with Crippen LogP contribution < -0.4 is 14.8 Å². The monoisotopic (exact) mass is 532 g/mol. The highest BCUT2D eigenvalue weighted by Crippen LogP contribution is 2.46. The summed E-state index contributed by atoms with van der Waals surface area (Å²) in [5, 5.41) is 2.68. The van der Waals surface area contributed by atoms with Gasteiger partial charge >= 0.3 is 0 Å². The van der Waals surface area contributed by atoms with Crippen LogP contribution in [0, 0.1) is 0 Å². The first kappa shape index (κ1) is 25.4. The van der Waals surface area contributed by atoms with Gasteiger partial charge < -0.3 is 14.8 Å². The highest BCUT2D eigenvalue weighted by Gasteiger charge is 2.47. The second kappa shape index (κ2) is 10.9. The van der Waals surface area contributed by atoms with Crippen molar-refractivity contribution in [3.05, 3.63) is 88.9 Å². The molecule has 0 spiro atoms. The molecule has 3 aromatic carbocycles. The molecule has 1 N–H and O–H groups in total. The molecule has 1 aliphatic rings. The topological polar surface area (TPSA) is 84.9 Å². The van der Waals surface area contributed by atoms with E-state index in [-0.39, 0.29) is 10.8 Å². The number of hydrogen-bond acceptors (Lipinski definition) is 6. The minimum Gasteiger partial charge on any atom is -0.493 e. The minimum atomic E-state index is -4.04. The van der Waals surface area contributed by atoms with Crippen LogP contribution in [0.4, 0.5) is 0 Å². The Kier molecular flexibility index (Phi) is 7.91. The van der Waals surface area contributed by atoms with Crippen molar-refractivity contribution in [2.75, 3.05) is 20.0 Å². The van der Waals surface area contributed by atoms with Gasteiger partial charge in [0.25, 0.3) is 0 Å². The summed E-state index contributed by atoms with van der Waals surface area (Å²) in [6, 6.07) is 19.8. The van der Waals surface area contributed by atoms with E-state index in [1.54, 1.807) is 18.2 Å². The summed E-state index contributed by atoms with van der Waals surface area (Å²) < 4.78 is 39.7. The van der Waals surface area contributed by atoms with Crippen LogP contribution >= 0.6 is 23.4 Å². The van der Waals surface area contributed by atoms with Gasteiger partial charge in [-0.3, -0.25) is 4.79 Å². The molecule has 10 heteroatoms. The van der Waals surface area contributed by atoms with E-state index in [4.69, 9.17) is 21.1 Å². The third kappa shape index (κ3) is 5.43. The lowest BCUT2D eigenvalue weighted by Crippen LogP contribution is -2.47. The normalized spacial score (nSPS) is 18.3. The maximum absolute atomic E-state index is 13.8. The zero-order valence-electron chi connectivity index (χ0n) is 19.2. The molecular formula is C25H25ClN2O5S2. The number of ether oxygens (including phenoxy) is 2. The SMILES string of the molecule is COc1ccc(C2SC[C@H](C(=O)NCc3ccccc3)N2S(=O)(=O)c2ccc(Cl)cc2)cc1OC. The minimum absolute atomic E-state index is 0.0655. The largest absolute Gasteiger partial charge is 0.493 e. The number of rotatable bonds is 8. The summed E-state index contributed by atoms with van der Waals surface area (Å²) in [4.78, 5) is 13.3. The molecule has 1 saturated heterocycles. The zero-order valence-corrected chi connectivity index (χ0v) is 21.6. The summed E-state index contributed by atoms with van der Waals surface area (Å²) in [5.41, 5.74) is 1.61. The van der Waals surface area contributed by atoms with Crippen molar-refractivity contribution in [2.24, 2.45) is 0 Å². The molecule has 3 aromatic rings. The molecule has 0 bridgehead atoms. The van der Waals surface area contributed by atoms with Crippen LogP contribution in [-0.2, 0) is 21.4 Å². The molecule has 1 amide bonds. The number of carbonyl (C=O) groups excluding carboxylic acids is 1. The van der Waals surface area contributed by atoms with E-state index in [0.717, 1.165) is 5.56 Å². The lowest BCUT2D eigenvalue weighted by molar-refractivity contribution is -0.124. The molecule has 0 radical (unpaired) electrons. The summed E-state index contributed by atoms with van der Waals surface area (Å²) >= 11 is 7.37. The van der Waals surface area contributed by atoms with Crippen LogP contribution in [-0.4, -0.2) is 44.6 Å². The zero-order chi connectivity index (χ0) is 25.0. The van der Waals surface area contributed by atoms with Gasteiger partial charge in [0.15, 0.2) is 11.5 Å². The third-order valence-electron chi connectivity index (χ3n) is 5.64. The Balaban J connectivity index is 1.70. The van der Waals surface area contributed by atoms with Crippen molar-refractivity contribution in [1.82, 2.24) is 9.62 Å². The molecular weight excluding hydrogens is 508 g/mol. The van der Waals surface area contributed by atoms with Gasteiger partial charge in [0.1, 0.15) is 6.04 Å². The number of sulfonamides is 1. The fraction of sp³-hybridized carbons (Fsp3) is 0.240. The number of methoxy groups -OCH3 is 2. The fourth-order valence-electron chi connectivity index (χ4n) is 3.86. The lowest BCUT2D eigenvalue weighted by atomic mass is 10.1. The molecule has 7 nitrogen and oxygen atoms in total. The Morgan fingerprint density at radius 1 is 1.03 bits per heavy atom. The average molecular weight is 533 g/mol. The summed E-state index contributed by atoms with van der Waals surface area (Å²) in [7, 11) is -0.991. The molecule has 1 aliphatic heterocycles. The van der Waals surface area contributed by atoms with E-state index in [1.807, 2.05) is 30.3 Å². The van der Waals surface area contributed by atoms with Gasteiger partial charge in [0.2, 0.25) is 15.9 Å². The van der Waals surface area contributed by atoms with Crippen LogP contribution in [0.25, 0.3) is 0 Å². The molecule has 1 fully saturated rings. The van der Waals surface area contributed by atoms with Crippen molar-refractivity contribution in [3.8, 4) is 11.5 Å². The fourth-order valence-corrected chi connectivity index (χ4v) is 7.51. The molecule has 0 saturated carbocycles. The maximum atomic E-state index is 13.8. The quantitative estimate of drug-likeness (QED) is 0.460. The molecule has 184 valence electrons. The molecule has 0 aliphatic carbocycles. The number of benzene rings is 3. The average Bonchev–Trinajstić information content (AvgIpc) is 3.34. The Morgan fingerprint density at radius 2 is 1.71 bits per heavy atom. The molecule has 35 heavy (non-hydrogen) atoms. The van der Waals surface area contributed by atoms with E-state index >= 15 is 0 Å². The summed E-state index contributed by atoms with van der Waals surface area (Å²) in [6.45, 7) is 0.302. The first-order chi connectivity index (χ1) is 16.8. The summed E-state index contributed by atoms with van der Waals surface area (Å²) in [6.07, 6.45) is 0. The predicted molar refractivity (Wildman–Crippen MR) is 137 cm³/mol. The van der Waals surface area contributed by atoms with E-state index in [0.29, 0.717) is 34.4 Å². The Bertz CT molecular complexity index is 1290. The Morgan fingerprint density at radius 3 is 2.37 bits per heavy atom. The molecule has 4 rings (SSSR count). The molecule has 2 atom stereocenters. The van der Waals surface area contributed by atoms with Crippen LogP contribution in [0.15, 0.2) is 77.7 Å². The van der Waals surface area contributed by atoms with Gasteiger partial charge in [-0.15, -0.1) is 11.8 Å². The van der Waals surface area contributed by atoms with Crippen molar-refractivity contribution in [3.63, 3.8) is 0 Å². The van der Waals surface area contributed by atoms with Crippen LogP contribution in [0.2, 0.25) is 5.02 Å². The second-order valence-electron chi connectivity index (χ2n) is 7.81. The predicted octanol–water partition coefficient (Wildman–Crippen LogP) is 4.48. The third-order valence-corrected chi connectivity index (χ3v) is 9.24. The maximum Gasteiger partial charge on any atom is 0.245 e. The van der Waals surface area contributed by atoms with Gasteiger partial charge in [0, 0.05) is 17.3 Å². The van der Waals surface area contributed by atoms with Gasteiger partial charge in [-0.2, -0.15) is 4.31 Å². The highest BCUT2D eigenvalue weighted by atomic mass is 35.5. The van der Waals surface area contributed by atoms with E-state index in [2.05, 4.69) is 5.32 Å². The number of thioether (sulfide) groups is 1. The Labute approximate surface area is 214 Å². The van der Waals surface area contributed by atoms with Crippen molar-refractivity contribution < 1.29 is 22.7 Å². The number of nitrogens with one attached hydrogen (secondary N) is 1. The molecule has 1 heterocycles. The molecule has 1 unspecified atom stereocenters. The van der Waals surface area contributed by atoms with Crippen LogP contribution in [0.1, 0.15) is 16.5 Å². The highest BCUT2D eigenvalue weighted by molar-refractivity contribution is 8.01. The van der Waals surface area contributed by atoms with Crippen molar-refractivity contribution >= 4 is 39.3 Å². The van der Waals surface area contributed by atoms with Crippen LogP contribution in [0.3, 0.4) is 0 Å². The van der Waals surface area contributed by atoms with Crippen molar-refractivity contribution in [1.29, 1.82) is 0 Å². The number of halogens is 1. The lowest BCUT2D eigenvalue weighted by Gasteiger charge is -2.28. The first-order valence-corrected chi connectivity index (χ1v) is 13.7. The van der Waals surface area contributed by atoms with Gasteiger partial charge in [-0.1, -0.05) is 48.0 Å². The smallest absolute Gasteiger partial charge is 0.245 e. The van der Waals surface area contributed by atoms with Gasteiger partial charge in [0.05, 0.1) is 24.5 Å². The van der Waals surface area contributed by atoms with Crippen molar-refractivity contribution in [2.45, 2.75) is 22.9 Å². The number of hydrogen-bond donors (Lipinski definition) is 1. The second-order valence-corrected chi connectivity index (χ2v) is 11.2. The standard InChI is InChI=1S/C25H25ClN2O5S2/c1-32-22-13-8-18(14-23(22)33-2)25-28(35(30,31)20-11-9-19(26)10-12-20)21(16-34-25)24(29)27-15-17-6-4-3-5-7-17/h3-14,21,25H,15-16H2,1-2H3,(H,27,29)/t21-,25?/m1/s1. The van der Waals surface area contributed by atoms with Gasteiger partial charge in [-0.05, 0) is 47.5 Å². The van der Waals surface area contributed by atoms with E-state index in [9.17, 15) is 13.2 Å². The molecule has 0 aromatic heterocycles. The number of amides is 1. The number of nitrogens with zero attached hydrogens (tertiary/aromatic N) is 1. The number of carbonyl (C=O) groups is 1. The first-order valence-electron chi connectivity index (χ1n) is 10.8. The van der Waals surface area contributed by atoms with E-state index < -0.39 is 21.4 Å². The van der Waals surface area contributed by atoms with Gasteiger partial charge in [-0.25, -0.2) is 8.42 Å². The van der Waals surface area contributed by atoms with E-state index in [1.165, 1.54) is 54.6 Å². The summed E-state index contributed by atoms with van der Waals surface area (Å²) in [5.74, 6) is 0.948.